The van der Waals surface area contributed by atoms with Crippen molar-refractivity contribution < 1.29 is 33.4 Å². The molecule has 0 aliphatic carbocycles. The van der Waals surface area contributed by atoms with Gasteiger partial charge in [-0.15, -0.1) is 0 Å². The van der Waals surface area contributed by atoms with Crippen LogP contribution < -0.4 is 14.7 Å². The van der Waals surface area contributed by atoms with Crippen LogP contribution in [0.25, 0.3) is 0 Å². The van der Waals surface area contributed by atoms with Gasteiger partial charge in [-0.05, 0) is 5.56 Å². The van der Waals surface area contributed by atoms with Crippen LogP contribution in [0.3, 0.4) is 0 Å². The first kappa shape index (κ1) is 32.4. The SMILES string of the molecule is CN(C(=O)OCc1ccccc1)c1ccc(C(=O)N[C@@H](CC[Se]c2ccccc2)C(=O)OCOC(=O)C(C)(C)C)cc1. The number of carbonyl (C=O) groups is 4. The summed E-state index contributed by atoms with van der Waals surface area (Å²) in [5.74, 6) is -1.67. The summed E-state index contributed by atoms with van der Waals surface area (Å²) in [4.78, 5) is 51.8. The first-order chi connectivity index (χ1) is 20.0. The summed E-state index contributed by atoms with van der Waals surface area (Å²) in [5.41, 5.74) is 0.968. The Morgan fingerprint density at radius 2 is 1.45 bits per heavy atom. The third-order valence-electron chi connectivity index (χ3n) is 6.01. The van der Waals surface area contributed by atoms with E-state index in [1.54, 1.807) is 52.1 Å². The average molecular weight is 640 g/mol. The van der Waals surface area contributed by atoms with Crippen molar-refractivity contribution >= 4 is 49.0 Å². The molecule has 0 aromatic heterocycles. The molecule has 0 saturated carbocycles. The van der Waals surface area contributed by atoms with Gasteiger partial charge in [0.2, 0.25) is 0 Å². The van der Waals surface area contributed by atoms with E-state index in [2.05, 4.69) is 5.32 Å². The van der Waals surface area contributed by atoms with Crippen LogP contribution in [0, 0.1) is 5.41 Å². The third-order valence-corrected chi connectivity index (χ3v) is 8.20. The molecule has 0 heterocycles. The van der Waals surface area contributed by atoms with Gasteiger partial charge in [0.15, 0.2) is 0 Å². The maximum absolute atomic E-state index is 13.1. The number of hydrogen-bond acceptors (Lipinski definition) is 7. The molecule has 10 heteroatoms. The molecule has 42 heavy (non-hydrogen) atoms. The summed E-state index contributed by atoms with van der Waals surface area (Å²) < 4.78 is 16.8. The number of benzene rings is 3. The van der Waals surface area contributed by atoms with Gasteiger partial charge in [0.05, 0.1) is 0 Å². The molecule has 1 atom stereocenters. The standard InChI is InChI=1S/C32H36N2O7Se/c1-32(2,3)30(37)41-22-40-29(36)27(19-20-42-26-13-9-6-10-14-26)33-28(35)24-15-17-25(18-16-24)34(4)31(38)39-21-23-11-7-5-8-12-23/h5-18,27H,19-22H2,1-4H3,(H,33,35)/t27-/m0/s1. The Kier molecular flexibility index (Phi) is 12.1. The second kappa shape index (κ2) is 15.7. The Morgan fingerprint density at radius 3 is 2.07 bits per heavy atom. The average Bonchev–Trinajstić information content (AvgIpc) is 2.99. The molecule has 0 bridgehead atoms. The molecule has 222 valence electrons. The number of nitrogens with one attached hydrogen (secondary N) is 1. The predicted octanol–water partition coefficient (Wildman–Crippen LogP) is 4.49. The summed E-state index contributed by atoms with van der Waals surface area (Å²) in [7, 11) is 1.58. The molecule has 1 N–H and O–H groups in total. The molecule has 3 aromatic carbocycles. The van der Waals surface area contributed by atoms with E-state index in [0.29, 0.717) is 23.0 Å². The minimum absolute atomic E-state index is 0.0879. The summed E-state index contributed by atoms with van der Waals surface area (Å²) in [5, 5.41) is 3.42. The quantitative estimate of drug-likeness (QED) is 0.177. The van der Waals surface area contributed by atoms with Crippen LogP contribution in [0.5, 0.6) is 0 Å². The van der Waals surface area contributed by atoms with Gasteiger partial charge in [-0.3, -0.25) is 0 Å². The zero-order valence-electron chi connectivity index (χ0n) is 24.2. The molecule has 0 fully saturated rings. The normalized spacial score (nSPS) is 11.6. The molecule has 0 radical (unpaired) electrons. The van der Waals surface area contributed by atoms with Gasteiger partial charge >= 0.3 is 211 Å². The van der Waals surface area contributed by atoms with E-state index in [0.717, 1.165) is 5.56 Å². The Hall–Kier alpha value is -4.14. The monoisotopic (exact) mass is 640 g/mol. The van der Waals surface area contributed by atoms with Crippen LogP contribution in [-0.4, -0.2) is 58.8 Å². The fourth-order valence-electron chi connectivity index (χ4n) is 3.52. The Labute approximate surface area is 252 Å². The fourth-order valence-corrected chi connectivity index (χ4v) is 5.49. The van der Waals surface area contributed by atoms with Crippen LogP contribution >= 0.6 is 0 Å². The van der Waals surface area contributed by atoms with Crippen molar-refractivity contribution in [3.05, 3.63) is 96.1 Å². The summed E-state index contributed by atoms with van der Waals surface area (Å²) in [6.45, 7) is 4.70. The summed E-state index contributed by atoms with van der Waals surface area (Å²) >= 11 is 0.0879. The number of amides is 2. The molecule has 0 aliphatic heterocycles. The summed E-state index contributed by atoms with van der Waals surface area (Å²) in [6, 6.07) is 24.7. The van der Waals surface area contributed by atoms with E-state index in [1.807, 2.05) is 60.7 Å². The molecule has 3 rings (SSSR count). The van der Waals surface area contributed by atoms with E-state index in [-0.39, 0.29) is 21.6 Å². The third kappa shape index (κ3) is 10.4. The van der Waals surface area contributed by atoms with Gasteiger partial charge in [0.25, 0.3) is 0 Å². The second-order valence-electron chi connectivity index (χ2n) is 10.4. The zero-order chi connectivity index (χ0) is 30.5. The summed E-state index contributed by atoms with van der Waals surface area (Å²) in [6.07, 6.45) is -0.188. The fraction of sp³-hybridized carbons (Fsp3) is 0.312. The Bertz CT molecular complexity index is 1330. The zero-order valence-corrected chi connectivity index (χ0v) is 25.9. The molecule has 0 saturated heterocycles. The molecule has 9 nitrogen and oxygen atoms in total. The number of ether oxygens (including phenoxy) is 3. The predicted molar refractivity (Wildman–Crippen MR) is 160 cm³/mol. The van der Waals surface area contributed by atoms with Crippen LogP contribution in [0.1, 0.15) is 43.1 Å². The number of hydrogen-bond donors (Lipinski definition) is 1. The van der Waals surface area contributed by atoms with Crippen molar-refractivity contribution in [3.63, 3.8) is 0 Å². The molecule has 0 aliphatic rings. The Morgan fingerprint density at radius 1 is 0.833 bits per heavy atom. The molecular weight excluding hydrogens is 603 g/mol. The second-order valence-corrected chi connectivity index (χ2v) is 12.8. The van der Waals surface area contributed by atoms with Crippen LogP contribution in [-0.2, 0) is 30.4 Å². The Balaban J connectivity index is 1.59. The van der Waals surface area contributed by atoms with E-state index < -0.39 is 42.2 Å². The van der Waals surface area contributed by atoms with Crippen LogP contribution in [0.2, 0.25) is 5.32 Å². The van der Waals surface area contributed by atoms with Gasteiger partial charge in [0, 0.05) is 0 Å². The number of nitrogens with zero attached hydrogens (tertiary/aromatic N) is 1. The van der Waals surface area contributed by atoms with Crippen molar-refractivity contribution in [2.75, 3.05) is 18.7 Å². The van der Waals surface area contributed by atoms with Gasteiger partial charge in [0.1, 0.15) is 6.61 Å². The van der Waals surface area contributed by atoms with Gasteiger partial charge in [-0.25, -0.2) is 0 Å². The van der Waals surface area contributed by atoms with Crippen LogP contribution in [0.15, 0.2) is 84.9 Å². The van der Waals surface area contributed by atoms with Crippen molar-refractivity contribution in [1.82, 2.24) is 5.32 Å². The number of anilines is 1. The van der Waals surface area contributed by atoms with Crippen LogP contribution in [0.4, 0.5) is 10.5 Å². The van der Waals surface area contributed by atoms with E-state index in [4.69, 9.17) is 14.2 Å². The topological polar surface area (TPSA) is 111 Å². The van der Waals surface area contributed by atoms with Crippen molar-refractivity contribution in [1.29, 1.82) is 0 Å². The van der Waals surface area contributed by atoms with Gasteiger partial charge < -0.3 is 0 Å². The van der Waals surface area contributed by atoms with E-state index in [1.165, 1.54) is 9.36 Å². The van der Waals surface area contributed by atoms with E-state index in [9.17, 15) is 19.2 Å². The number of esters is 2. The molecule has 0 unspecified atom stereocenters. The molecule has 2 amide bonds. The van der Waals surface area contributed by atoms with Gasteiger partial charge in [-0.1, -0.05) is 30.3 Å². The maximum atomic E-state index is 13.1. The van der Waals surface area contributed by atoms with Gasteiger partial charge in [-0.2, -0.15) is 0 Å². The van der Waals surface area contributed by atoms with Crippen molar-refractivity contribution in [3.8, 4) is 0 Å². The van der Waals surface area contributed by atoms with E-state index >= 15 is 0 Å². The number of carbonyl (C=O) groups excluding carboxylic acids is 4. The molecule has 3 aromatic rings. The molecular formula is C32H36N2O7Se. The van der Waals surface area contributed by atoms with Crippen molar-refractivity contribution in [2.45, 2.75) is 45.2 Å². The first-order valence-corrected chi connectivity index (χ1v) is 15.5. The number of rotatable bonds is 12. The minimum atomic E-state index is -0.938. The van der Waals surface area contributed by atoms with Crippen molar-refractivity contribution in [2.24, 2.45) is 5.41 Å². The first-order valence-electron chi connectivity index (χ1n) is 13.4. The molecule has 0 spiro atoms.